The van der Waals surface area contributed by atoms with Crippen molar-refractivity contribution in [3.05, 3.63) is 18.2 Å². The Morgan fingerprint density at radius 3 is 2.85 bits per heavy atom. The molecule has 20 heavy (non-hydrogen) atoms. The molecule has 0 bridgehead atoms. The molecule has 0 aromatic carbocycles. The van der Waals surface area contributed by atoms with Crippen molar-refractivity contribution < 1.29 is 4.79 Å². The highest BCUT2D eigenvalue weighted by atomic mass is 16.2. The van der Waals surface area contributed by atoms with Crippen LogP contribution in [0.4, 0.5) is 0 Å². The van der Waals surface area contributed by atoms with E-state index in [0.29, 0.717) is 12.5 Å². The molecule has 110 valence electrons. The van der Waals surface area contributed by atoms with Crippen LogP contribution in [0.1, 0.15) is 12.1 Å². The summed E-state index contributed by atoms with van der Waals surface area (Å²) in [4.78, 5) is 21.1. The topological polar surface area (TPSA) is 67.4 Å². The summed E-state index contributed by atoms with van der Waals surface area (Å²) in [7, 11) is 0. The van der Waals surface area contributed by atoms with Crippen molar-refractivity contribution in [3.8, 4) is 0 Å². The third-order valence-electron chi connectivity index (χ3n) is 4.45. The lowest BCUT2D eigenvalue weighted by atomic mass is 9.94. The van der Waals surface area contributed by atoms with Crippen molar-refractivity contribution in [2.45, 2.75) is 19.4 Å². The Morgan fingerprint density at radius 1 is 1.30 bits per heavy atom. The maximum atomic E-state index is 12.6. The summed E-state index contributed by atoms with van der Waals surface area (Å²) in [6.45, 7) is 6.13. The molecule has 2 N–H and O–H groups in total. The molecule has 3 rings (SSSR count). The fourth-order valence-corrected chi connectivity index (χ4v) is 3.21. The number of imidazole rings is 1. The minimum Gasteiger partial charge on any atom is -0.340 e. The lowest BCUT2D eigenvalue weighted by molar-refractivity contribution is -0.138. The largest absolute Gasteiger partial charge is 0.340 e. The molecule has 1 aromatic heterocycles. The van der Waals surface area contributed by atoms with Gasteiger partial charge in [-0.2, -0.15) is 0 Å². The Morgan fingerprint density at radius 2 is 2.10 bits per heavy atom. The van der Waals surface area contributed by atoms with E-state index in [4.69, 9.17) is 5.73 Å². The molecule has 1 saturated heterocycles. The molecule has 0 radical (unpaired) electrons. The molecule has 1 aromatic rings. The fourth-order valence-electron chi connectivity index (χ4n) is 3.21. The van der Waals surface area contributed by atoms with Crippen LogP contribution in [0.5, 0.6) is 0 Å². The summed E-state index contributed by atoms with van der Waals surface area (Å²) in [5.41, 5.74) is 6.77. The van der Waals surface area contributed by atoms with Gasteiger partial charge in [-0.3, -0.25) is 9.69 Å². The van der Waals surface area contributed by atoms with Gasteiger partial charge >= 0.3 is 0 Å². The summed E-state index contributed by atoms with van der Waals surface area (Å²) < 4.78 is 2.16. The highest BCUT2D eigenvalue weighted by molar-refractivity contribution is 5.79. The van der Waals surface area contributed by atoms with E-state index < -0.39 is 0 Å². The van der Waals surface area contributed by atoms with Crippen LogP contribution in [0, 0.1) is 5.92 Å². The number of fused-ring (bicyclic) bond motifs is 1. The number of hydrogen-bond donors (Lipinski definition) is 1. The standard InChI is InChI=1S/C14H23N5O/c15-2-4-17-5-7-18(8-6-17)14(20)12-1-3-19-11-16-10-13(19)9-12/h10-12H,1-9,15H2. The van der Waals surface area contributed by atoms with Gasteiger partial charge in [-0.1, -0.05) is 0 Å². The molecule has 0 aliphatic carbocycles. The van der Waals surface area contributed by atoms with Crippen LogP contribution in [-0.2, 0) is 17.8 Å². The number of nitrogens with two attached hydrogens (primary N) is 1. The summed E-state index contributed by atoms with van der Waals surface area (Å²) in [5, 5.41) is 0. The Balaban J connectivity index is 1.55. The normalized spacial score (nSPS) is 23.6. The van der Waals surface area contributed by atoms with Gasteiger partial charge in [-0.05, 0) is 6.42 Å². The number of amides is 1. The van der Waals surface area contributed by atoms with Crippen molar-refractivity contribution in [1.29, 1.82) is 0 Å². The fraction of sp³-hybridized carbons (Fsp3) is 0.714. The first-order chi connectivity index (χ1) is 9.78. The monoisotopic (exact) mass is 277 g/mol. The summed E-state index contributed by atoms with van der Waals surface area (Å²) in [5.74, 6) is 0.463. The van der Waals surface area contributed by atoms with E-state index in [0.717, 1.165) is 52.1 Å². The van der Waals surface area contributed by atoms with Crippen molar-refractivity contribution in [1.82, 2.24) is 19.4 Å². The predicted octanol–water partition coefficient (Wildman–Crippen LogP) is -0.452. The highest BCUT2D eigenvalue weighted by Gasteiger charge is 2.30. The molecule has 6 heteroatoms. The SMILES string of the molecule is NCCN1CCN(C(=O)C2CCn3cncc3C2)CC1. The van der Waals surface area contributed by atoms with E-state index in [1.807, 2.05) is 17.4 Å². The minimum atomic E-state index is 0.139. The second kappa shape index (κ2) is 5.93. The van der Waals surface area contributed by atoms with E-state index in [1.165, 1.54) is 5.69 Å². The van der Waals surface area contributed by atoms with Gasteiger partial charge in [0.2, 0.25) is 5.91 Å². The number of rotatable bonds is 3. The third kappa shape index (κ3) is 2.71. The van der Waals surface area contributed by atoms with Gasteiger partial charge in [-0.15, -0.1) is 0 Å². The van der Waals surface area contributed by atoms with Crippen molar-refractivity contribution in [2.75, 3.05) is 39.3 Å². The van der Waals surface area contributed by atoms with Crippen LogP contribution >= 0.6 is 0 Å². The zero-order chi connectivity index (χ0) is 13.9. The zero-order valence-corrected chi connectivity index (χ0v) is 11.9. The average Bonchev–Trinajstić information content (AvgIpc) is 2.95. The molecule has 1 atom stereocenters. The summed E-state index contributed by atoms with van der Waals surface area (Å²) in [6.07, 6.45) is 5.52. The van der Waals surface area contributed by atoms with Gasteiger partial charge in [-0.25, -0.2) is 4.98 Å². The smallest absolute Gasteiger partial charge is 0.226 e. The van der Waals surface area contributed by atoms with Crippen molar-refractivity contribution in [2.24, 2.45) is 11.7 Å². The molecule has 1 amide bonds. The molecule has 6 nitrogen and oxygen atoms in total. The maximum absolute atomic E-state index is 12.6. The third-order valence-corrected chi connectivity index (χ3v) is 4.45. The van der Waals surface area contributed by atoms with E-state index in [1.54, 1.807) is 0 Å². The van der Waals surface area contributed by atoms with E-state index in [2.05, 4.69) is 14.5 Å². The number of carbonyl (C=O) groups is 1. The van der Waals surface area contributed by atoms with Crippen LogP contribution in [0.15, 0.2) is 12.5 Å². The van der Waals surface area contributed by atoms with Crippen LogP contribution in [-0.4, -0.2) is 64.5 Å². The summed E-state index contributed by atoms with van der Waals surface area (Å²) in [6, 6.07) is 0. The van der Waals surface area contributed by atoms with Gasteiger partial charge in [0.15, 0.2) is 0 Å². The minimum absolute atomic E-state index is 0.139. The Labute approximate surface area is 119 Å². The van der Waals surface area contributed by atoms with Gasteiger partial charge in [0, 0.05) is 70.0 Å². The zero-order valence-electron chi connectivity index (χ0n) is 11.9. The van der Waals surface area contributed by atoms with Crippen molar-refractivity contribution >= 4 is 5.91 Å². The van der Waals surface area contributed by atoms with E-state index in [9.17, 15) is 4.79 Å². The lowest BCUT2D eigenvalue weighted by Crippen LogP contribution is -2.51. The Kier molecular flexibility index (Phi) is 4.03. The van der Waals surface area contributed by atoms with Crippen molar-refractivity contribution in [3.63, 3.8) is 0 Å². The number of hydrogen-bond acceptors (Lipinski definition) is 4. The first-order valence-electron chi connectivity index (χ1n) is 7.48. The molecule has 2 aliphatic rings. The highest BCUT2D eigenvalue weighted by Crippen LogP contribution is 2.22. The molecule has 2 aliphatic heterocycles. The predicted molar refractivity (Wildman–Crippen MR) is 76.1 cm³/mol. The number of nitrogens with zero attached hydrogens (tertiary/aromatic N) is 4. The average molecular weight is 277 g/mol. The number of carbonyl (C=O) groups excluding carboxylic acids is 1. The Hall–Kier alpha value is -1.40. The maximum Gasteiger partial charge on any atom is 0.226 e. The molecular formula is C14H23N5O. The summed E-state index contributed by atoms with van der Waals surface area (Å²) >= 11 is 0. The van der Waals surface area contributed by atoms with E-state index >= 15 is 0 Å². The molecular weight excluding hydrogens is 254 g/mol. The van der Waals surface area contributed by atoms with Gasteiger partial charge in [0.25, 0.3) is 0 Å². The number of aromatic nitrogens is 2. The molecule has 0 spiro atoms. The molecule has 1 unspecified atom stereocenters. The second-order valence-corrected chi connectivity index (χ2v) is 5.72. The Bertz CT molecular complexity index is 464. The van der Waals surface area contributed by atoms with E-state index in [-0.39, 0.29) is 5.92 Å². The molecule has 0 saturated carbocycles. The second-order valence-electron chi connectivity index (χ2n) is 5.72. The molecule has 1 fully saturated rings. The van der Waals surface area contributed by atoms with Crippen LogP contribution in [0.3, 0.4) is 0 Å². The first-order valence-corrected chi connectivity index (χ1v) is 7.48. The first kappa shape index (κ1) is 13.6. The van der Waals surface area contributed by atoms with Crippen LogP contribution in [0.2, 0.25) is 0 Å². The van der Waals surface area contributed by atoms with Crippen LogP contribution < -0.4 is 5.73 Å². The van der Waals surface area contributed by atoms with Gasteiger partial charge in [0.05, 0.1) is 6.33 Å². The lowest BCUT2D eigenvalue weighted by Gasteiger charge is -2.37. The van der Waals surface area contributed by atoms with Crippen LogP contribution in [0.25, 0.3) is 0 Å². The number of piperazine rings is 1. The van der Waals surface area contributed by atoms with Gasteiger partial charge < -0.3 is 15.2 Å². The molecule has 3 heterocycles. The number of aryl methyl sites for hydroxylation is 1. The quantitative estimate of drug-likeness (QED) is 0.812. The van der Waals surface area contributed by atoms with Gasteiger partial charge in [0.1, 0.15) is 0 Å².